The summed E-state index contributed by atoms with van der Waals surface area (Å²) in [4.78, 5) is 6.62. The number of nitrogens with one attached hydrogen (secondary N) is 1. The third kappa shape index (κ3) is 7.52. The number of rotatable bonds is 11. The van der Waals surface area contributed by atoms with E-state index >= 15 is 0 Å². The standard InChI is InChI=1S/C27H31N7/c1-3-5-19-34(20-6-4-2)25-16-14-24(15-17-25)30-32-27(23-12-10-22(21-28)11-13-23)33-31-26-9-7-8-18-29-26/h7-18,30H,3-6,19-20H2,1-2H3. The molecule has 34 heavy (non-hydrogen) atoms. The van der Waals surface area contributed by atoms with Crippen molar-refractivity contribution in [2.24, 2.45) is 15.3 Å². The van der Waals surface area contributed by atoms with Crippen molar-refractivity contribution in [2.45, 2.75) is 39.5 Å². The summed E-state index contributed by atoms with van der Waals surface area (Å²) < 4.78 is 0. The number of benzene rings is 2. The Morgan fingerprint density at radius 2 is 1.65 bits per heavy atom. The first kappa shape index (κ1) is 24.6. The second kappa shape index (κ2) is 13.5. The van der Waals surface area contributed by atoms with E-state index in [9.17, 15) is 0 Å². The van der Waals surface area contributed by atoms with Crippen LogP contribution in [0.1, 0.15) is 50.7 Å². The highest BCUT2D eigenvalue weighted by Crippen LogP contribution is 2.20. The number of amidine groups is 1. The fourth-order valence-corrected chi connectivity index (χ4v) is 3.28. The van der Waals surface area contributed by atoms with Crippen LogP contribution < -0.4 is 10.3 Å². The molecule has 0 saturated heterocycles. The lowest BCUT2D eigenvalue weighted by atomic mass is 10.1. The van der Waals surface area contributed by atoms with Crippen molar-refractivity contribution in [2.75, 3.05) is 23.4 Å². The van der Waals surface area contributed by atoms with Crippen LogP contribution in [0.2, 0.25) is 0 Å². The molecule has 1 aromatic heterocycles. The molecule has 3 rings (SSSR count). The lowest BCUT2D eigenvalue weighted by molar-refractivity contribution is 0.678. The van der Waals surface area contributed by atoms with Crippen LogP contribution in [0.15, 0.2) is 88.3 Å². The van der Waals surface area contributed by atoms with Crippen molar-refractivity contribution in [1.29, 1.82) is 5.26 Å². The molecule has 174 valence electrons. The minimum atomic E-state index is 0.395. The monoisotopic (exact) mass is 453 g/mol. The largest absolute Gasteiger partial charge is 0.372 e. The van der Waals surface area contributed by atoms with Crippen LogP contribution >= 0.6 is 0 Å². The van der Waals surface area contributed by atoms with E-state index in [2.05, 4.69) is 62.7 Å². The lowest BCUT2D eigenvalue weighted by Crippen LogP contribution is -2.25. The Labute approximate surface area is 201 Å². The number of hydrogen-bond donors (Lipinski definition) is 1. The van der Waals surface area contributed by atoms with E-state index in [0.717, 1.165) is 24.3 Å². The molecule has 0 amide bonds. The van der Waals surface area contributed by atoms with Gasteiger partial charge in [-0.3, -0.25) is 5.43 Å². The predicted octanol–water partition coefficient (Wildman–Crippen LogP) is 6.92. The average molecular weight is 454 g/mol. The number of azo groups is 1. The quantitative estimate of drug-likeness (QED) is 0.148. The maximum atomic E-state index is 9.08. The van der Waals surface area contributed by atoms with Gasteiger partial charge < -0.3 is 4.90 Å². The number of hydrogen-bond acceptors (Lipinski definition) is 6. The molecule has 0 bridgehead atoms. The average Bonchev–Trinajstić information content (AvgIpc) is 2.90. The molecule has 0 unspecified atom stereocenters. The molecule has 3 aromatic rings. The van der Waals surface area contributed by atoms with E-state index in [4.69, 9.17) is 5.26 Å². The molecule has 7 nitrogen and oxygen atoms in total. The molecule has 0 saturated carbocycles. The van der Waals surface area contributed by atoms with Gasteiger partial charge in [-0.05, 0) is 73.5 Å². The fourth-order valence-electron chi connectivity index (χ4n) is 3.28. The van der Waals surface area contributed by atoms with Gasteiger partial charge in [0, 0.05) is 30.5 Å². The maximum Gasteiger partial charge on any atom is 0.201 e. The molecule has 7 heteroatoms. The van der Waals surface area contributed by atoms with E-state index < -0.39 is 0 Å². The molecule has 0 fully saturated rings. The zero-order valence-electron chi connectivity index (χ0n) is 19.9. The number of anilines is 2. The normalized spacial score (nSPS) is 11.4. The summed E-state index contributed by atoms with van der Waals surface area (Å²) in [5, 5.41) is 22.1. The van der Waals surface area contributed by atoms with Gasteiger partial charge >= 0.3 is 0 Å². The van der Waals surface area contributed by atoms with Crippen LogP contribution in [0.4, 0.5) is 17.2 Å². The molecule has 0 radical (unpaired) electrons. The van der Waals surface area contributed by atoms with Gasteiger partial charge in [0.1, 0.15) is 0 Å². The Bertz CT molecular complexity index is 1090. The lowest BCUT2D eigenvalue weighted by Gasteiger charge is -2.24. The van der Waals surface area contributed by atoms with E-state index in [1.54, 1.807) is 36.5 Å². The number of pyridine rings is 1. The van der Waals surface area contributed by atoms with Crippen molar-refractivity contribution < 1.29 is 0 Å². The van der Waals surface area contributed by atoms with Crippen LogP contribution in [0.5, 0.6) is 0 Å². The topological polar surface area (TPSA) is 89.0 Å². The van der Waals surface area contributed by atoms with Gasteiger partial charge in [-0.25, -0.2) is 4.98 Å². The predicted molar refractivity (Wildman–Crippen MR) is 139 cm³/mol. The highest BCUT2D eigenvalue weighted by atomic mass is 15.3. The van der Waals surface area contributed by atoms with E-state index in [0.29, 0.717) is 17.2 Å². The first-order chi connectivity index (χ1) is 16.7. The third-order valence-electron chi connectivity index (χ3n) is 5.26. The highest BCUT2D eigenvalue weighted by Gasteiger charge is 2.07. The van der Waals surface area contributed by atoms with Gasteiger partial charge in [0.25, 0.3) is 0 Å². The van der Waals surface area contributed by atoms with Gasteiger partial charge in [0.05, 0.1) is 17.3 Å². The van der Waals surface area contributed by atoms with Gasteiger partial charge in [-0.1, -0.05) is 32.8 Å². The maximum absolute atomic E-state index is 9.08. The summed E-state index contributed by atoms with van der Waals surface area (Å²) in [7, 11) is 0. The molecule has 0 aliphatic rings. The van der Waals surface area contributed by atoms with Gasteiger partial charge in [-0.15, -0.1) is 10.2 Å². The minimum Gasteiger partial charge on any atom is -0.372 e. The summed E-state index contributed by atoms with van der Waals surface area (Å²) in [6.07, 6.45) is 6.40. The molecule has 0 spiro atoms. The molecule has 2 aromatic carbocycles. The van der Waals surface area contributed by atoms with Gasteiger partial charge in [0.2, 0.25) is 5.84 Å². The van der Waals surface area contributed by atoms with Crippen molar-refractivity contribution in [3.63, 3.8) is 0 Å². The summed E-state index contributed by atoms with van der Waals surface area (Å²) in [5.41, 5.74) is 6.48. The van der Waals surface area contributed by atoms with Crippen molar-refractivity contribution in [3.05, 3.63) is 84.1 Å². The van der Waals surface area contributed by atoms with Crippen LogP contribution in [0, 0.1) is 11.3 Å². The Morgan fingerprint density at radius 1 is 0.941 bits per heavy atom. The zero-order chi connectivity index (χ0) is 24.0. The fraction of sp³-hybridized carbons (Fsp3) is 0.296. The van der Waals surface area contributed by atoms with Gasteiger partial charge in [0.15, 0.2) is 5.82 Å². The van der Waals surface area contributed by atoms with Crippen LogP contribution in [-0.4, -0.2) is 23.9 Å². The number of nitriles is 1. The summed E-state index contributed by atoms with van der Waals surface area (Å²) in [5.74, 6) is 0.888. The van der Waals surface area contributed by atoms with Crippen LogP contribution in [-0.2, 0) is 0 Å². The number of hydrazone groups is 1. The molecular formula is C27H31N7. The van der Waals surface area contributed by atoms with E-state index in [1.807, 2.05) is 24.3 Å². The number of nitrogens with zero attached hydrogens (tertiary/aromatic N) is 6. The van der Waals surface area contributed by atoms with Crippen LogP contribution in [0.25, 0.3) is 0 Å². The number of unbranched alkanes of at least 4 members (excludes halogenated alkanes) is 2. The number of aromatic nitrogens is 1. The molecule has 1 heterocycles. The third-order valence-corrected chi connectivity index (χ3v) is 5.26. The van der Waals surface area contributed by atoms with Crippen molar-refractivity contribution in [1.82, 2.24) is 4.98 Å². The second-order valence-electron chi connectivity index (χ2n) is 7.87. The van der Waals surface area contributed by atoms with E-state index in [1.165, 1.54) is 31.4 Å². The molecule has 0 atom stereocenters. The Hall–Kier alpha value is -4.05. The molecule has 0 aliphatic heterocycles. The summed E-state index contributed by atoms with van der Waals surface area (Å²) >= 11 is 0. The molecular weight excluding hydrogens is 422 g/mol. The first-order valence-corrected chi connectivity index (χ1v) is 11.8. The molecule has 1 N–H and O–H groups in total. The van der Waals surface area contributed by atoms with E-state index in [-0.39, 0.29) is 0 Å². The smallest absolute Gasteiger partial charge is 0.201 e. The summed E-state index contributed by atoms with van der Waals surface area (Å²) in [6.45, 7) is 6.58. The SMILES string of the molecule is CCCCN(CCCC)c1ccc(NN=C(N=Nc2ccccn2)c2ccc(C#N)cc2)cc1. The summed E-state index contributed by atoms with van der Waals surface area (Å²) in [6, 6.07) is 22.9. The molecule has 0 aliphatic carbocycles. The van der Waals surface area contributed by atoms with Crippen molar-refractivity contribution in [3.8, 4) is 6.07 Å². The van der Waals surface area contributed by atoms with Gasteiger partial charge in [-0.2, -0.15) is 10.4 Å². The Morgan fingerprint density at radius 3 is 2.24 bits per heavy atom. The Kier molecular flexibility index (Phi) is 9.75. The van der Waals surface area contributed by atoms with Crippen LogP contribution in [0.3, 0.4) is 0 Å². The highest BCUT2D eigenvalue weighted by molar-refractivity contribution is 5.99. The van der Waals surface area contributed by atoms with Crippen molar-refractivity contribution >= 4 is 23.0 Å². The second-order valence-corrected chi connectivity index (χ2v) is 7.87. The minimum absolute atomic E-state index is 0.395. The Balaban J connectivity index is 1.79. The zero-order valence-corrected chi connectivity index (χ0v) is 19.9. The first-order valence-electron chi connectivity index (χ1n) is 11.8.